The molecule has 0 aromatic heterocycles. The van der Waals surface area contributed by atoms with E-state index >= 15 is 0 Å². The topological polar surface area (TPSA) is 168 Å². The molecule has 0 amide bonds. The molecule has 2 aromatic carbocycles. The largest absolute Gasteiger partial charge is 0.411 e. The van der Waals surface area contributed by atoms with Crippen LogP contribution in [0.5, 0.6) is 0 Å². The number of sulfone groups is 1. The van der Waals surface area contributed by atoms with E-state index < -0.39 is 20.5 Å². The zero-order valence-electron chi connectivity index (χ0n) is 17.5. The van der Waals surface area contributed by atoms with Crippen molar-refractivity contribution in [1.29, 1.82) is 5.26 Å². The molecule has 0 bridgehead atoms. The Labute approximate surface area is 189 Å². The number of oxime groups is 1. The summed E-state index contributed by atoms with van der Waals surface area (Å²) < 4.78 is 23.5. The minimum Gasteiger partial charge on any atom is -0.411 e. The zero-order chi connectivity index (χ0) is 24.1. The van der Waals surface area contributed by atoms with Gasteiger partial charge in [0, 0.05) is 11.8 Å². The Morgan fingerprint density at radius 3 is 2.45 bits per heavy atom. The Morgan fingerprint density at radius 2 is 1.91 bits per heavy atom. The molecule has 1 aliphatic heterocycles. The minimum absolute atomic E-state index is 0.111. The molecule has 0 radical (unpaired) electrons. The molecule has 1 unspecified atom stereocenters. The van der Waals surface area contributed by atoms with Crippen LogP contribution in [0.25, 0.3) is 5.70 Å². The molecule has 2 aromatic rings. The van der Waals surface area contributed by atoms with Gasteiger partial charge in [-0.1, -0.05) is 29.4 Å². The first-order valence-electron chi connectivity index (χ1n) is 9.65. The van der Waals surface area contributed by atoms with E-state index in [1.54, 1.807) is 42.5 Å². The van der Waals surface area contributed by atoms with E-state index in [-0.39, 0.29) is 30.1 Å². The van der Waals surface area contributed by atoms with Gasteiger partial charge in [-0.05, 0) is 48.7 Å². The predicted molar refractivity (Wildman–Crippen MR) is 117 cm³/mol. The van der Waals surface area contributed by atoms with Crippen LogP contribution in [-0.4, -0.2) is 37.3 Å². The summed E-state index contributed by atoms with van der Waals surface area (Å²) in [5.41, 5.74) is 0.855. The average Bonchev–Trinajstić information content (AvgIpc) is 3.25. The zero-order valence-corrected chi connectivity index (χ0v) is 18.3. The van der Waals surface area contributed by atoms with Gasteiger partial charge in [0.25, 0.3) is 5.09 Å². The molecular formula is C21H19N5O6S. The van der Waals surface area contributed by atoms with Crippen molar-refractivity contribution in [3.63, 3.8) is 0 Å². The number of azo groups is 1. The maximum atomic E-state index is 11.7. The van der Waals surface area contributed by atoms with Gasteiger partial charge in [-0.2, -0.15) is 15.5 Å². The summed E-state index contributed by atoms with van der Waals surface area (Å²) in [6.07, 6.45) is 3.06. The van der Waals surface area contributed by atoms with Crippen molar-refractivity contribution in [3.8, 4) is 6.07 Å². The molecule has 0 spiro atoms. The van der Waals surface area contributed by atoms with E-state index in [9.17, 15) is 23.7 Å². The van der Waals surface area contributed by atoms with Gasteiger partial charge >= 0.3 is 0 Å². The highest BCUT2D eigenvalue weighted by Gasteiger charge is 2.40. The Balaban J connectivity index is 2.01. The van der Waals surface area contributed by atoms with Crippen LogP contribution >= 0.6 is 0 Å². The van der Waals surface area contributed by atoms with E-state index in [2.05, 4.69) is 20.2 Å². The van der Waals surface area contributed by atoms with Gasteiger partial charge in [-0.25, -0.2) is 8.42 Å². The summed E-state index contributed by atoms with van der Waals surface area (Å²) in [5.74, 6) is 0. The molecule has 1 heterocycles. The van der Waals surface area contributed by atoms with Gasteiger partial charge in [0.15, 0.2) is 15.4 Å². The predicted octanol–water partition coefficient (Wildman–Crippen LogP) is 3.48. The number of hydrogen-bond acceptors (Lipinski definition) is 10. The molecule has 170 valence electrons. The molecule has 0 saturated heterocycles. The maximum Gasteiger partial charge on any atom is 0.294 e. The first-order valence-corrected chi connectivity index (χ1v) is 11.5. The third-order valence-electron chi connectivity index (χ3n) is 5.01. The maximum absolute atomic E-state index is 11.7. The molecule has 1 aliphatic rings. The highest BCUT2D eigenvalue weighted by molar-refractivity contribution is 7.90. The quantitative estimate of drug-likeness (QED) is 0.193. The second-order valence-electron chi connectivity index (χ2n) is 7.19. The van der Waals surface area contributed by atoms with Crippen LogP contribution in [0.2, 0.25) is 0 Å². The van der Waals surface area contributed by atoms with Gasteiger partial charge in [-0.3, -0.25) is 0 Å². The summed E-state index contributed by atoms with van der Waals surface area (Å²) in [4.78, 5) is 14.9. The van der Waals surface area contributed by atoms with Gasteiger partial charge in [0.2, 0.25) is 0 Å². The number of hydrogen-bond donors (Lipinski definition) is 1. The SMILES string of the molecule is CS(=O)(=O)c1ccc(C2=CC(/C(CCCO[N+](=O)[O-])=N\O)(c3ccc(C#N)cc3)N=N2)cc1. The van der Waals surface area contributed by atoms with Crippen molar-refractivity contribution in [2.75, 3.05) is 12.9 Å². The van der Waals surface area contributed by atoms with Crippen LogP contribution in [-0.2, 0) is 20.2 Å². The molecule has 0 fully saturated rings. The standard InChI is InChI=1S/C21H19N5O6S/c1-33(30,31)18-10-6-16(7-11-18)19-13-21(25-23-19,17-8-4-15(14-22)5-9-17)20(24-27)3-2-12-32-26(28)29/h4-11,13,27H,2-3,12H2,1H3/b24-20-. The van der Waals surface area contributed by atoms with Gasteiger partial charge < -0.3 is 10.0 Å². The molecule has 0 aliphatic carbocycles. The highest BCUT2D eigenvalue weighted by atomic mass is 32.2. The van der Waals surface area contributed by atoms with Crippen molar-refractivity contribution >= 4 is 21.2 Å². The monoisotopic (exact) mass is 469 g/mol. The fraction of sp³-hybridized carbons (Fsp3) is 0.238. The van der Waals surface area contributed by atoms with E-state index in [0.29, 0.717) is 22.4 Å². The van der Waals surface area contributed by atoms with Crippen molar-refractivity contribution in [3.05, 3.63) is 81.4 Å². The van der Waals surface area contributed by atoms with E-state index in [0.717, 1.165) is 6.26 Å². The Hall–Kier alpha value is -4.11. The summed E-state index contributed by atoms with van der Waals surface area (Å²) in [6, 6.07) is 14.6. The van der Waals surface area contributed by atoms with Crippen LogP contribution < -0.4 is 0 Å². The lowest BCUT2D eigenvalue weighted by atomic mass is 9.83. The second kappa shape index (κ2) is 9.58. The lowest BCUT2D eigenvalue weighted by Gasteiger charge is -2.24. The summed E-state index contributed by atoms with van der Waals surface area (Å²) in [7, 11) is -3.36. The van der Waals surface area contributed by atoms with Crippen LogP contribution in [0.4, 0.5) is 0 Å². The van der Waals surface area contributed by atoms with Gasteiger partial charge in [0.1, 0.15) is 0 Å². The Bertz CT molecular complexity index is 1280. The third kappa shape index (κ3) is 5.21. The second-order valence-corrected chi connectivity index (χ2v) is 9.20. The third-order valence-corrected chi connectivity index (χ3v) is 6.14. The van der Waals surface area contributed by atoms with E-state index in [1.807, 2.05) is 6.07 Å². The van der Waals surface area contributed by atoms with Crippen LogP contribution in [0.3, 0.4) is 0 Å². The first kappa shape index (κ1) is 23.6. The highest BCUT2D eigenvalue weighted by Crippen LogP contribution is 2.40. The lowest BCUT2D eigenvalue weighted by molar-refractivity contribution is -0.757. The van der Waals surface area contributed by atoms with Crippen molar-refractivity contribution in [2.24, 2.45) is 15.4 Å². The van der Waals surface area contributed by atoms with E-state index in [1.165, 1.54) is 12.1 Å². The van der Waals surface area contributed by atoms with E-state index in [4.69, 9.17) is 5.26 Å². The number of nitriles is 1. The number of rotatable bonds is 9. The molecule has 1 atom stereocenters. The minimum atomic E-state index is -3.36. The Morgan fingerprint density at radius 1 is 1.24 bits per heavy atom. The molecule has 11 nitrogen and oxygen atoms in total. The van der Waals surface area contributed by atoms with Crippen molar-refractivity contribution in [2.45, 2.75) is 23.3 Å². The van der Waals surface area contributed by atoms with Crippen molar-refractivity contribution < 1.29 is 23.5 Å². The number of nitrogens with zero attached hydrogens (tertiary/aromatic N) is 5. The number of benzene rings is 2. The summed E-state index contributed by atoms with van der Waals surface area (Å²) in [6.45, 7) is -0.198. The van der Waals surface area contributed by atoms with Gasteiger partial charge in [0.05, 0.1) is 34.5 Å². The molecule has 12 heteroatoms. The fourth-order valence-corrected chi connectivity index (χ4v) is 3.98. The fourth-order valence-electron chi connectivity index (χ4n) is 3.35. The molecule has 33 heavy (non-hydrogen) atoms. The molecule has 0 saturated carbocycles. The normalized spacial score (nSPS) is 17.9. The molecule has 1 N–H and O–H groups in total. The molecule has 3 rings (SSSR count). The van der Waals surface area contributed by atoms with Crippen LogP contribution in [0.1, 0.15) is 29.5 Å². The van der Waals surface area contributed by atoms with Crippen LogP contribution in [0, 0.1) is 21.4 Å². The lowest BCUT2D eigenvalue weighted by Crippen LogP contribution is -2.31. The van der Waals surface area contributed by atoms with Crippen molar-refractivity contribution in [1.82, 2.24) is 0 Å². The first-order chi connectivity index (χ1) is 15.7. The smallest absolute Gasteiger partial charge is 0.294 e. The van der Waals surface area contributed by atoms with Gasteiger partial charge in [-0.15, -0.1) is 10.1 Å². The van der Waals surface area contributed by atoms with Crippen LogP contribution in [0.15, 0.2) is 74.9 Å². The summed E-state index contributed by atoms with van der Waals surface area (Å²) >= 11 is 0. The molecular weight excluding hydrogens is 450 g/mol. The summed E-state index contributed by atoms with van der Waals surface area (Å²) in [5, 5.41) is 40.4. The average molecular weight is 469 g/mol. The Kier molecular flexibility index (Phi) is 6.83.